The number of hydrogen-bond donors (Lipinski definition) is 4. The summed E-state index contributed by atoms with van der Waals surface area (Å²) in [5, 5.41) is 20.6. The molecule has 4 N–H and O–H groups in total. The van der Waals surface area contributed by atoms with Crippen molar-refractivity contribution in [1.82, 2.24) is 0 Å². The summed E-state index contributed by atoms with van der Waals surface area (Å²) < 4.78 is 61.1. The summed E-state index contributed by atoms with van der Waals surface area (Å²) in [6.45, 7) is 2.54. The molecule has 97 heavy (non-hydrogen) atoms. The van der Waals surface area contributed by atoms with Gasteiger partial charge in [0.25, 0.3) is 0 Å². The van der Waals surface area contributed by atoms with Crippen LogP contribution in [-0.4, -0.2) is 95.9 Å². The van der Waals surface area contributed by atoms with Crippen molar-refractivity contribution in [2.24, 2.45) is 0 Å². The molecule has 5 atom stereocenters. The highest BCUT2D eigenvalue weighted by Gasteiger charge is 2.29. The van der Waals surface area contributed by atoms with E-state index in [2.05, 4.69) is 130 Å². The number of allylic oxidation sites excluding steroid dienone is 18. The van der Waals surface area contributed by atoms with Crippen molar-refractivity contribution in [1.29, 1.82) is 0 Å². The molecule has 0 saturated heterocycles. The Morgan fingerprint density at radius 2 is 0.546 bits per heavy atom. The summed E-state index contributed by atoms with van der Waals surface area (Å²) in [4.78, 5) is 58.6. The second-order valence-electron chi connectivity index (χ2n) is 25.4. The van der Waals surface area contributed by atoms with Gasteiger partial charge in [-0.15, -0.1) is 0 Å². The summed E-state index contributed by atoms with van der Waals surface area (Å²) >= 11 is 0. The molecule has 0 aliphatic carbocycles. The molecule has 0 aromatic heterocycles. The van der Waals surface area contributed by atoms with Crippen LogP contribution in [0.2, 0.25) is 0 Å². The number of phosphoric ester groups is 2. The summed E-state index contributed by atoms with van der Waals surface area (Å²) in [6, 6.07) is 0. The average Bonchev–Trinajstić information content (AvgIpc) is 1.82. The van der Waals surface area contributed by atoms with Crippen LogP contribution >= 0.6 is 15.6 Å². The van der Waals surface area contributed by atoms with Gasteiger partial charge in [0.05, 0.1) is 26.4 Å². The Morgan fingerprint density at radius 3 is 0.887 bits per heavy atom. The van der Waals surface area contributed by atoms with E-state index in [1.54, 1.807) is 0 Å². The SMILES string of the molecule is CC/C=C\C/C=C\C/C=C\C/C=C\C/C=C\CCCCCCCCCCCC(=O)OCC(O)COP(=O)(O)OCC(O)COP(=O)(O)OCC(COC(=O)CCCCCCC/C=C\C/C=C\C/C=C\C/C=C\CCCCC)OC(=O)CCCCCCCCCCCCCCCCC. The van der Waals surface area contributed by atoms with Crippen molar-refractivity contribution in [2.75, 3.05) is 39.6 Å². The summed E-state index contributed by atoms with van der Waals surface area (Å²) in [5.74, 6) is -1.59. The molecule has 560 valence electrons. The minimum absolute atomic E-state index is 0.103. The molecule has 18 heteroatoms. The van der Waals surface area contributed by atoms with Crippen molar-refractivity contribution in [3.63, 3.8) is 0 Å². The van der Waals surface area contributed by atoms with Crippen LogP contribution in [0.25, 0.3) is 0 Å². The Hall–Kier alpha value is -3.79. The van der Waals surface area contributed by atoms with E-state index in [0.29, 0.717) is 19.3 Å². The number of carbonyl (C=O) groups excluding carboxylic acids is 3. The van der Waals surface area contributed by atoms with E-state index in [1.807, 2.05) is 0 Å². The van der Waals surface area contributed by atoms with Crippen LogP contribution in [0.3, 0.4) is 0 Å². The standard InChI is InChI=1S/C79H138O16P2/c1-4-7-10-13-16-19-22-25-28-30-32-34-35-36-37-39-41-42-45-47-50-53-56-59-62-65-77(82)89-68-74(80)69-91-96(85,86)92-70-75(81)71-93-97(87,88)94-73-76(95-79(84)67-64-61-58-55-52-49-44-27-24-21-18-15-12-9-6-3)72-90-78(83)66-63-60-57-54-51-48-46-43-40-38-33-31-29-26-23-20-17-14-11-8-5-2/h7,10,16-17,19-20,25-26,28-29,32-34,36-38,43,46,74-76,80-81H,4-6,8-9,11-15,18,21-24,27,30-31,35,39-42,44-45,47-73H2,1-3H3,(H,85,86)(H,87,88)/b10-7-,19-16-,20-17-,28-25-,29-26-,34-32-,37-36-,38-33-,46-43-. The largest absolute Gasteiger partial charge is 0.472 e. The molecule has 0 bridgehead atoms. The number of esters is 3. The summed E-state index contributed by atoms with van der Waals surface area (Å²) in [7, 11) is -9.79. The van der Waals surface area contributed by atoms with Crippen LogP contribution in [0.5, 0.6) is 0 Å². The predicted molar refractivity (Wildman–Crippen MR) is 399 cm³/mol. The maximum atomic E-state index is 13.0. The first-order valence-electron chi connectivity index (χ1n) is 38.2. The number of hydrogen-bond acceptors (Lipinski definition) is 14. The van der Waals surface area contributed by atoms with E-state index in [0.717, 1.165) is 141 Å². The lowest BCUT2D eigenvalue weighted by atomic mass is 10.0. The van der Waals surface area contributed by atoms with E-state index in [9.17, 15) is 43.5 Å². The fourth-order valence-electron chi connectivity index (χ4n) is 10.2. The van der Waals surface area contributed by atoms with Crippen LogP contribution < -0.4 is 0 Å². The second-order valence-corrected chi connectivity index (χ2v) is 28.3. The summed E-state index contributed by atoms with van der Waals surface area (Å²) in [6.07, 6.45) is 82.7. The molecule has 0 radical (unpaired) electrons. The number of aliphatic hydroxyl groups excluding tert-OH is 2. The fourth-order valence-corrected chi connectivity index (χ4v) is 11.8. The number of ether oxygens (including phenoxy) is 3. The molecule has 5 unspecified atom stereocenters. The lowest BCUT2D eigenvalue weighted by Crippen LogP contribution is -2.30. The minimum Gasteiger partial charge on any atom is -0.463 e. The van der Waals surface area contributed by atoms with Crippen LogP contribution in [0, 0.1) is 0 Å². The fraction of sp³-hybridized carbons (Fsp3) is 0.734. The van der Waals surface area contributed by atoms with Gasteiger partial charge in [0.15, 0.2) is 6.10 Å². The molecule has 0 heterocycles. The normalized spacial score (nSPS) is 14.7. The number of carbonyl (C=O) groups is 3. The van der Waals surface area contributed by atoms with Crippen LogP contribution in [-0.2, 0) is 55.8 Å². The molecular weight excluding hydrogens is 1270 g/mol. The van der Waals surface area contributed by atoms with Crippen LogP contribution in [0.1, 0.15) is 316 Å². The van der Waals surface area contributed by atoms with Crippen molar-refractivity contribution >= 4 is 33.6 Å². The summed E-state index contributed by atoms with van der Waals surface area (Å²) in [5.41, 5.74) is 0. The third-order valence-corrected chi connectivity index (χ3v) is 17.9. The molecule has 0 aliphatic rings. The van der Waals surface area contributed by atoms with Gasteiger partial charge in [0.1, 0.15) is 25.4 Å². The topological polar surface area (TPSA) is 231 Å². The minimum atomic E-state index is -4.93. The molecule has 0 amide bonds. The third-order valence-electron chi connectivity index (χ3n) is 16.0. The Labute approximate surface area is 590 Å². The Balaban J connectivity index is 4.61. The number of phosphoric acid groups is 2. The lowest BCUT2D eigenvalue weighted by molar-refractivity contribution is -0.161. The maximum Gasteiger partial charge on any atom is 0.472 e. The van der Waals surface area contributed by atoms with Crippen LogP contribution in [0.4, 0.5) is 0 Å². The molecule has 0 fully saturated rings. The highest BCUT2D eigenvalue weighted by atomic mass is 31.2. The zero-order valence-corrected chi connectivity index (χ0v) is 62.8. The van der Waals surface area contributed by atoms with E-state index in [1.165, 1.54) is 116 Å². The van der Waals surface area contributed by atoms with Gasteiger partial charge in [-0.05, 0) is 109 Å². The average molecular weight is 1410 g/mol. The van der Waals surface area contributed by atoms with E-state index < -0.39 is 91.5 Å². The van der Waals surface area contributed by atoms with Gasteiger partial charge in [0.2, 0.25) is 0 Å². The molecule has 16 nitrogen and oxygen atoms in total. The monoisotopic (exact) mass is 1400 g/mol. The first kappa shape index (κ1) is 93.2. The van der Waals surface area contributed by atoms with Gasteiger partial charge < -0.3 is 34.2 Å². The van der Waals surface area contributed by atoms with E-state index in [-0.39, 0.29) is 19.3 Å². The van der Waals surface area contributed by atoms with Gasteiger partial charge in [0, 0.05) is 19.3 Å². The first-order chi connectivity index (χ1) is 47.2. The van der Waals surface area contributed by atoms with Gasteiger partial charge >= 0.3 is 33.6 Å². The molecule has 0 aromatic rings. The Kier molecular flexibility index (Phi) is 69.2. The Morgan fingerprint density at radius 1 is 0.299 bits per heavy atom. The van der Waals surface area contributed by atoms with E-state index >= 15 is 0 Å². The number of aliphatic hydroxyl groups is 2. The van der Waals surface area contributed by atoms with Crippen molar-refractivity contribution in [2.45, 2.75) is 334 Å². The molecule has 0 saturated carbocycles. The van der Waals surface area contributed by atoms with Crippen LogP contribution in [0.15, 0.2) is 109 Å². The van der Waals surface area contributed by atoms with Crippen molar-refractivity contribution in [3.05, 3.63) is 109 Å². The highest BCUT2D eigenvalue weighted by molar-refractivity contribution is 7.47. The smallest absolute Gasteiger partial charge is 0.463 e. The number of unbranched alkanes of at least 4 members (excludes halogenated alkanes) is 31. The molecule has 0 rings (SSSR count). The molecule has 0 aromatic carbocycles. The zero-order chi connectivity index (χ0) is 70.9. The quantitative estimate of drug-likeness (QED) is 0.0146. The van der Waals surface area contributed by atoms with Crippen molar-refractivity contribution < 1.29 is 75.8 Å². The van der Waals surface area contributed by atoms with Gasteiger partial charge in [-0.1, -0.05) is 297 Å². The van der Waals surface area contributed by atoms with Gasteiger partial charge in [-0.25, -0.2) is 9.13 Å². The highest BCUT2D eigenvalue weighted by Crippen LogP contribution is 2.45. The Bertz CT molecular complexity index is 2200. The lowest BCUT2D eigenvalue weighted by Gasteiger charge is -2.21. The van der Waals surface area contributed by atoms with E-state index in [4.69, 9.17) is 32.3 Å². The predicted octanol–water partition coefficient (Wildman–Crippen LogP) is 22.0. The maximum absolute atomic E-state index is 13.0. The van der Waals surface area contributed by atoms with Gasteiger partial charge in [-0.2, -0.15) is 0 Å². The molecule has 0 aliphatic heterocycles. The van der Waals surface area contributed by atoms with Crippen molar-refractivity contribution in [3.8, 4) is 0 Å². The first-order valence-corrected chi connectivity index (χ1v) is 41.2. The zero-order valence-electron chi connectivity index (χ0n) is 61.0. The van der Waals surface area contributed by atoms with Gasteiger partial charge in [-0.3, -0.25) is 32.5 Å². The second kappa shape index (κ2) is 72.0. The number of rotatable bonds is 72. The third kappa shape index (κ3) is 73.3. The molecule has 0 spiro atoms. The molecular formula is C79H138O16P2.